The van der Waals surface area contributed by atoms with E-state index in [1.54, 1.807) is 13.4 Å². The van der Waals surface area contributed by atoms with Crippen LogP contribution >= 0.6 is 0 Å². The molecular weight excluding hydrogens is 246 g/mol. The Morgan fingerprint density at radius 3 is 3.05 bits per heavy atom. The summed E-state index contributed by atoms with van der Waals surface area (Å²) in [5, 5.41) is 12.2. The molecule has 1 amide bonds. The minimum atomic E-state index is -0.0692. The number of aliphatic hydroxyl groups excluding tert-OH is 1. The number of amides is 1. The van der Waals surface area contributed by atoms with Crippen LogP contribution in [0.15, 0.2) is 28.9 Å². The van der Waals surface area contributed by atoms with E-state index in [9.17, 15) is 4.79 Å². The van der Waals surface area contributed by atoms with E-state index in [2.05, 4.69) is 5.32 Å². The Bertz CT molecular complexity index is 562. The van der Waals surface area contributed by atoms with E-state index in [-0.39, 0.29) is 12.5 Å². The monoisotopic (exact) mass is 263 g/mol. The quantitative estimate of drug-likeness (QED) is 0.828. The Hall–Kier alpha value is -2.01. The van der Waals surface area contributed by atoms with Gasteiger partial charge in [-0.15, -0.1) is 0 Å². The van der Waals surface area contributed by atoms with Crippen LogP contribution < -0.4 is 10.1 Å². The molecule has 0 saturated heterocycles. The molecule has 0 radical (unpaired) electrons. The zero-order valence-electron chi connectivity index (χ0n) is 10.8. The molecule has 2 rings (SSSR count). The Balaban J connectivity index is 2.06. The lowest BCUT2D eigenvalue weighted by molar-refractivity contribution is -0.121. The number of ether oxygens (including phenoxy) is 1. The van der Waals surface area contributed by atoms with E-state index in [1.165, 1.54) is 0 Å². The van der Waals surface area contributed by atoms with Gasteiger partial charge in [-0.2, -0.15) is 0 Å². The zero-order chi connectivity index (χ0) is 13.7. The molecule has 2 N–H and O–H groups in total. The number of fused-ring (bicyclic) bond motifs is 1. The molecule has 102 valence electrons. The fraction of sp³-hybridized carbons (Fsp3) is 0.357. The van der Waals surface area contributed by atoms with E-state index in [1.807, 2.05) is 18.2 Å². The lowest BCUT2D eigenvalue weighted by atomic mass is 10.1. The van der Waals surface area contributed by atoms with Crippen LogP contribution in [-0.2, 0) is 11.2 Å². The molecule has 0 unspecified atom stereocenters. The van der Waals surface area contributed by atoms with Crippen LogP contribution in [0.5, 0.6) is 5.75 Å². The summed E-state index contributed by atoms with van der Waals surface area (Å²) in [4.78, 5) is 11.5. The first kappa shape index (κ1) is 13.4. The molecule has 19 heavy (non-hydrogen) atoms. The van der Waals surface area contributed by atoms with Crippen LogP contribution in [0.25, 0.3) is 11.0 Å². The minimum absolute atomic E-state index is 0.0411. The third-order valence-electron chi connectivity index (χ3n) is 2.87. The van der Waals surface area contributed by atoms with Gasteiger partial charge in [-0.05, 0) is 30.2 Å². The van der Waals surface area contributed by atoms with Crippen molar-refractivity contribution in [2.24, 2.45) is 0 Å². The molecular formula is C14H17NO4. The van der Waals surface area contributed by atoms with Crippen LogP contribution in [0.2, 0.25) is 0 Å². The van der Waals surface area contributed by atoms with Gasteiger partial charge in [0.15, 0.2) is 11.3 Å². The Morgan fingerprint density at radius 2 is 2.32 bits per heavy atom. The zero-order valence-corrected chi connectivity index (χ0v) is 10.8. The molecule has 1 aromatic carbocycles. The van der Waals surface area contributed by atoms with E-state index >= 15 is 0 Å². The molecule has 5 nitrogen and oxygen atoms in total. The highest BCUT2D eigenvalue weighted by Gasteiger charge is 2.09. The summed E-state index contributed by atoms with van der Waals surface area (Å²) >= 11 is 0. The number of carbonyl (C=O) groups is 1. The summed E-state index contributed by atoms with van der Waals surface area (Å²) in [6, 6.07) is 5.74. The number of nitrogens with one attached hydrogen (secondary N) is 1. The highest BCUT2D eigenvalue weighted by Crippen LogP contribution is 2.28. The summed E-state index contributed by atoms with van der Waals surface area (Å²) in [7, 11) is 1.59. The fourth-order valence-electron chi connectivity index (χ4n) is 1.95. The van der Waals surface area contributed by atoms with Gasteiger partial charge in [0.05, 0.1) is 20.0 Å². The predicted octanol–water partition coefficient (Wildman–Crippen LogP) is 1.48. The number of benzene rings is 1. The second kappa shape index (κ2) is 6.24. The first-order chi connectivity index (χ1) is 9.24. The number of hydrogen-bond donors (Lipinski definition) is 2. The maximum absolute atomic E-state index is 11.5. The maximum Gasteiger partial charge on any atom is 0.220 e. The number of hydrogen-bond acceptors (Lipinski definition) is 4. The first-order valence-corrected chi connectivity index (χ1v) is 6.16. The molecule has 2 aromatic rings. The average molecular weight is 263 g/mol. The third kappa shape index (κ3) is 3.26. The third-order valence-corrected chi connectivity index (χ3v) is 2.87. The van der Waals surface area contributed by atoms with E-state index in [0.717, 1.165) is 16.5 Å². The van der Waals surface area contributed by atoms with Gasteiger partial charge < -0.3 is 19.6 Å². The molecule has 0 spiro atoms. The van der Waals surface area contributed by atoms with Crippen LogP contribution in [0.1, 0.15) is 12.0 Å². The molecule has 0 atom stereocenters. The molecule has 0 bridgehead atoms. The summed E-state index contributed by atoms with van der Waals surface area (Å²) in [5.74, 6) is 0.605. The lowest BCUT2D eigenvalue weighted by Crippen LogP contribution is -2.26. The van der Waals surface area contributed by atoms with Gasteiger partial charge in [0, 0.05) is 18.4 Å². The van der Waals surface area contributed by atoms with Crippen molar-refractivity contribution in [3.8, 4) is 5.75 Å². The second-order valence-electron chi connectivity index (χ2n) is 4.21. The average Bonchev–Trinajstić information content (AvgIpc) is 2.90. The number of furan rings is 1. The molecule has 0 fully saturated rings. The number of methoxy groups -OCH3 is 1. The SMILES string of the molecule is COc1cc(CCC(=O)NCCO)cc2ccoc12. The number of rotatable bonds is 6. The van der Waals surface area contributed by atoms with E-state index in [0.29, 0.717) is 25.1 Å². The van der Waals surface area contributed by atoms with Gasteiger partial charge >= 0.3 is 0 Å². The number of aliphatic hydroxyl groups is 1. The summed E-state index contributed by atoms with van der Waals surface area (Å²) < 4.78 is 10.6. The van der Waals surface area contributed by atoms with Crippen LogP contribution in [0.3, 0.4) is 0 Å². The number of carbonyl (C=O) groups excluding carboxylic acids is 1. The number of aryl methyl sites for hydroxylation is 1. The van der Waals surface area contributed by atoms with Crippen molar-refractivity contribution in [3.63, 3.8) is 0 Å². The fourth-order valence-corrected chi connectivity index (χ4v) is 1.95. The second-order valence-corrected chi connectivity index (χ2v) is 4.21. The molecule has 0 saturated carbocycles. The topological polar surface area (TPSA) is 71.7 Å². The van der Waals surface area contributed by atoms with Crippen molar-refractivity contribution < 1.29 is 19.1 Å². The Labute approximate surface area is 111 Å². The first-order valence-electron chi connectivity index (χ1n) is 6.16. The highest BCUT2D eigenvalue weighted by atomic mass is 16.5. The maximum atomic E-state index is 11.5. The summed E-state index contributed by atoms with van der Waals surface area (Å²) in [6.45, 7) is 0.253. The van der Waals surface area contributed by atoms with Crippen LogP contribution in [0.4, 0.5) is 0 Å². The predicted molar refractivity (Wildman–Crippen MR) is 71.2 cm³/mol. The molecule has 1 aromatic heterocycles. The van der Waals surface area contributed by atoms with E-state index in [4.69, 9.17) is 14.3 Å². The van der Waals surface area contributed by atoms with E-state index < -0.39 is 0 Å². The van der Waals surface area contributed by atoms with Crippen molar-refractivity contribution in [2.75, 3.05) is 20.3 Å². The summed E-state index contributed by atoms with van der Waals surface area (Å²) in [5.41, 5.74) is 1.74. The van der Waals surface area contributed by atoms with Gasteiger partial charge in [-0.3, -0.25) is 4.79 Å². The Morgan fingerprint density at radius 1 is 1.47 bits per heavy atom. The van der Waals surface area contributed by atoms with Gasteiger partial charge in [-0.1, -0.05) is 0 Å². The Kier molecular flexibility index (Phi) is 4.41. The summed E-state index contributed by atoms with van der Waals surface area (Å²) in [6.07, 6.45) is 2.62. The van der Waals surface area contributed by atoms with Crippen molar-refractivity contribution in [1.82, 2.24) is 5.32 Å². The van der Waals surface area contributed by atoms with Crippen LogP contribution in [-0.4, -0.2) is 31.3 Å². The molecule has 5 heteroatoms. The van der Waals surface area contributed by atoms with Gasteiger partial charge in [0.2, 0.25) is 5.91 Å². The lowest BCUT2D eigenvalue weighted by Gasteiger charge is -2.06. The van der Waals surface area contributed by atoms with Gasteiger partial charge in [-0.25, -0.2) is 0 Å². The standard InChI is InChI=1S/C14H17NO4/c1-18-12-9-10(2-3-13(17)15-5-6-16)8-11-4-7-19-14(11)12/h4,7-9,16H,2-3,5-6H2,1H3,(H,15,17). The van der Waals surface area contributed by atoms with Crippen molar-refractivity contribution in [3.05, 3.63) is 30.0 Å². The normalized spacial score (nSPS) is 10.6. The minimum Gasteiger partial charge on any atom is -0.493 e. The van der Waals surface area contributed by atoms with Gasteiger partial charge in [0.25, 0.3) is 0 Å². The molecule has 0 aliphatic rings. The smallest absolute Gasteiger partial charge is 0.220 e. The largest absolute Gasteiger partial charge is 0.493 e. The van der Waals surface area contributed by atoms with Crippen LogP contribution in [0, 0.1) is 0 Å². The molecule has 0 aliphatic carbocycles. The van der Waals surface area contributed by atoms with Crippen molar-refractivity contribution in [1.29, 1.82) is 0 Å². The van der Waals surface area contributed by atoms with Crippen molar-refractivity contribution in [2.45, 2.75) is 12.8 Å². The molecule has 0 aliphatic heterocycles. The molecule has 1 heterocycles. The van der Waals surface area contributed by atoms with Gasteiger partial charge in [0.1, 0.15) is 0 Å². The highest BCUT2D eigenvalue weighted by molar-refractivity contribution is 5.84. The van der Waals surface area contributed by atoms with Crippen molar-refractivity contribution >= 4 is 16.9 Å².